The highest BCUT2D eigenvalue weighted by atomic mass is 35.5. The van der Waals surface area contributed by atoms with Gasteiger partial charge < -0.3 is 14.6 Å². The van der Waals surface area contributed by atoms with Gasteiger partial charge in [0.2, 0.25) is 5.78 Å². The van der Waals surface area contributed by atoms with Crippen LogP contribution in [0.4, 0.5) is 0 Å². The molecule has 0 aromatic carbocycles. The Labute approximate surface area is 162 Å². The predicted octanol–water partition coefficient (Wildman–Crippen LogP) is 2.89. The summed E-state index contributed by atoms with van der Waals surface area (Å²) in [5.41, 5.74) is 2.43. The number of pyridine rings is 1. The van der Waals surface area contributed by atoms with Gasteiger partial charge in [-0.15, -0.1) is 0 Å². The SMILES string of the molecule is Cc1cc(C(=O)COC(=O)CNC(=O)c2cc(Cl)ccn2)c(C)n1C(C)C. The van der Waals surface area contributed by atoms with Crippen LogP contribution in [0.25, 0.3) is 0 Å². The minimum Gasteiger partial charge on any atom is -0.456 e. The molecule has 0 fully saturated rings. The average Bonchev–Trinajstić information content (AvgIpc) is 2.92. The third kappa shape index (κ3) is 5.17. The first-order chi connectivity index (χ1) is 12.7. The molecule has 0 radical (unpaired) electrons. The lowest BCUT2D eigenvalue weighted by molar-refractivity contribution is -0.141. The molecule has 2 rings (SSSR count). The molecule has 0 aliphatic carbocycles. The maximum atomic E-state index is 12.4. The summed E-state index contributed by atoms with van der Waals surface area (Å²) in [6.45, 7) is 7.10. The first kappa shape index (κ1) is 20.6. The molecule has 1 N–H and O–H groups in total. The van der Waals surface area contributed by atoms with E-state index in [1.165, 1.54) is 18.3 Å². The number of esters is 1. The summed E-state index contributed by atoms with van der Waals surface area (Å²) in [4.78, 5) is 39.9. The lowest BCUT2D eigenvalue weighted by Crippen LogP contribution is -2.32. The van der Waals surface area contributed by atoms with Crippen molar-refractivity contribution in [2.24, 2.45) is 0 Å². The molecule has 0 atom stereocenters. The maximum absolute atomic E-state index is 12.4. The molecule has 7 nitrogen and oxygen atoms in total. The Kier molecular flexibility index (Phi) is 6.74. The van der Waals surface area contributed by atoms with Gasteiger partial charge in [0.25, 0.3) is 5.91 Å². The first-order valence-corrected chi connectivity index (χ1v) is 8.85. The highest BCUT2D eigenvalue weighted by molar-refractivity contribution is 6.30. The minimum atomic E-state index is -0.712. The second-order valence-corrected chi connectivity index (χ2v) is 6.81. The topological polar surface area (TPSA) is 90.3 Å². The quantitative estimate of drug-likeness (QED) is 0.579. The van der Waals surface area contributed by atoms with Gasteiger partial charge >= 0.3 is 5.97 Å². The molecule has 0 bridgehead atoms. The molecule has 27 heavy (non-hydrogen) atoms. The number of nitrogens with one attached hydrogen (secondary N) is 1. The van der Waals surface area contributed by atoms with Crippen LogP contribution in [0.2, 0.25) is 5.02 Å². The average molecular weight is 392 g/mol. The number of nitrogens with zero attached hydrogens (tertiary/aromatic N) is 2. The Balaban J connectivity index is 1.88. The zero-order valence-corrected chi connectivity index (χ0v) is 16.5. The Bertz CT molecular complexity index is 874. The van der Waals surface area contributed by atoms with E-state index >= 15 is 0 Å². The van der Waals surface area contributed by atoms with E-state index in [0.29, 0.717) is 10.6 Å². The molecule has 0 aliphatic rings. The number of hydrogen-bond donors (Lipinski definition) is 1. The van der Waals surface area contributed by atoms with Gasteiger partial charge in [0, 0.05) is 34.2 Å². The van der Waals surface area contributed by atoms with Crippen molar-refractivity contribution < 1.29 is 19.1 Å². The fourth-order valence-electron chi connectivity index (χ4n) is 2.90. The first-order valence-electron chi connectivity index (χ1n) is 8.47. The Morgan fingerprint density at radius 3 is 2.56 bits per heavy atom. The summed E-state index contributed by atoms with van der Waals surface area (Å²) in [5, 5.41) is 2.74. The third-order valence-corrected chi connectivity index (χ3v) is 4.25. The number of halogens is 1. The standard InChI is InChI=1S/C19H22ClN3O4/c1-11(2)23-12(3)7-15(13(23)4)17(24)10-27-18(25)9-22-19(26)16-8-14(20)5-6-21-16/h5-8,11H,9-10H2,1-4H3,(H,22,26). The van der Waals surface area contributed by atoms with E-state index in [-0.39, 0.29) is 30.7 Å². The number of ether oxygens (including phenoxy) is 1. The van der Waals surface area contributed by atoms with Gasteiger partial charge in [-0.2, -0.15) is 0 Å². The van der Waals surface area contributed by atoms with Crippen LogP contribution in [0.1, 0.15) is 52.1 Å². The van der Waals surface area contributed by atoms with Crippen molar-refractivity contribution >= 4 is 29.3 Å². The van der Waals surface area contributed by atoms with Gasteiger partial charge in [0.05, 0.1) is 0 Å². The van der Waals surface area contributed by atoms with Crippen molar-refractivity contribution in [3.63, 3.8) is 0 Å². The van der Waals surface area contributed by atoms with Crippen LogP contribution < -0.4 is 5.32 Å². The Morgan fingerprint density at radius 2 is 1.96 bits per heavy atom. The molecule has 0 unspecified atom stereocenters. The molecule has 2 heterocycles. The molecule has 144 valence electrons. The number of carbonyl (C=O) groups is 3. The van der Waals surface area contributed by atoms with Gasteiger partial charge in [0.1, 0.15) is 12.2 Å². The smallest absolute Gasteiger partial charge is 0.325 e. The van der Waals surface area contributed by atoms with Crippen molar-refractivity contribution in [3.8, 4) is 0 Å². The van der Waals surface area contributed by atoms with Gasteiger partial charge in [-0.25, -0.2) is 0 Å². The zero-order chi connectivity index (χ0) is 20.1. The summed E-state index contributed by atoms with van der Waals surface area (Å²) in [6, 6.07) is 4.94. The second-order valence-electron chi connectivity index (χ2n) is 6.37. The Hall–Kier alpha value is -2.67. The molecule has 0 spiro atoms. The van der Waals surface area contributed by atoms with Crippen molar-refractivity contribution in [2.45, 2.75) is 33.7 Å². The van der Waals surface area contributed by atoms with E-state index in [1.54, 1.807) is 6.07 Å². The summed E-state index contributed by atoms with van der Waals surface area (Å²) in [5.74, 6) is -1.55. The van der Waals surface area contributed by atoms with Crippen LogP contribution in [-0.2, 0) is 9.53 Å². The number of aryl methyl sites for hydroxylation is 1. The molecule has 0 aliphatic heterocycles. The molecule has 8 heteroatoms. The minimum absolute atomic E-state index is 0.0903. The fraction of sp³-hybridized carbons (Fsp3) is 0.368. The van der Waals surface area contributed by atoms with Gasteiger partial charge in [-0.1, -0.05) is 11.6 Å². The summed E-state index contributed by atoms with van der Waals surface area (Å²) in [6.07, 6.45) is 1.39. The highest BCUT2D eigenvalue weighted by Crippen LogP contribution is 2.20. The number of Topliss-reactive ketones (excluding diaryl/α,β-unsaturated/α-hetero) is 1. The summed E-state index contributed by atoms with van der Waals surface area (Å²) in [7, 11) is 0. The van der Waals surface area contributed by atoms with Crippen LogP contribution in [0.5, 0.6) is 0 Å². The van der Waals surface area contributed by atoms with Crippen molar-refractivity contribution in [3.05, 3.63) is 52.1 Å². The van der Waals surface area contributed by atoms with E-state index in [0.717, 1.165) is 11.4 Å². The van der Waals surface area contributed by atoms with E-state index in [1.807, 2.05) is 32.3 Å². The van der Waals surface area contributed by atoms with Gasteiger partial charge in [-0.3, -0.25) is 19.4 Å². The third-order valence-electron chi connectivity index (χ3n) is 4.01. The van der Waals surface area contributed by atoms with E-state index in [4.69, 9.17) is 16.3 Å². The molecule has 2 aromatic rings. The normalized spacial score (nSPS) is 10.7. The molecular weight excluding hydrogens is 370 g/mol. The lowest BCUT2D eigenvalue weighted by atomic mass is 10.1. The number of hydrogen-bond acceptors (Lipinski definition) is 5. The molecular formula is C19H22ClN3O4. The van der Waals surface area contributed by atoms with Crippen LogP contribution in [0.3, 0.4) is 0 Å². The van der Waals surface area contributed by atoms with Crippen LogP contribution >= 0.6 is 11.6 Å². The maximum Gasteiger partial charge on any atom is 0.325 e. The highest BCUT2D eigenvalue weighted by Gasteiger charge is 2.19. The molecule has 0 saturated heterocycles. The van der Waals surface area contributed by atoms with Crippen LogP contribution in [0.15, 0.2) is 24.4 Å². The number of ketones is 1. The van der Waals surface area contributed by atoms with Gasteiger partial charge in [0.15, 0.2) is 6.61 Å². The van der Waals surface area contributed by atoms with E-state index in [9.17, 15) is 14.4 Å². The number of amides is 1. The predicted molar refractivity (Wildman–Crippen MR) is 101 cm³/mol. The monoisotopic (exact) mass is 391 g/mol. The van der Waals surface area contributed by atoms with Crippen LogP contribution in [0, 0.1) is 13.8 Å². The number of aromatic nitrogens is 2. The van der Waals surface area contributed by atoms with Gasteiger partial charge in [-0.05, 0) is 45.9 Å². The number of carbonyl (C=O) groups excluding carboxylic acids is 3. The Morgan fingerprint density at radius 1 is 1.26 bits per heavy atom. The van der Waals surface area contributed by atoms with Crippen molar-refractivity contribution in [1.82, 2.24) is 14.9 Å². The largest absolute Gasteiger partial charge is 0.456 e. The molecule has 0 saturated carbocycles. The molecule has 1 amide bonds. The van der Waals surface area contributed by atoms with E-state index < -0.39 is 11.9 Å². The summed E-state index contributed by atoms with van der Waals surface area (Å²) < 4.78 is 7.02. The number of rotatable bonds is 7. The fourth-order valence-corrected chi connectivity index (χ4v) is 3.06. The second kappa shape index (κ2) is 8.81. The summed E-state index contributed by atoms with van der Waals surface area (Å²) >= 11 is 5.79. The van der Waals surface area contributed by atoms with Crippen molar-refractivity contribution in [1.29, 1.82) is 0 Å². The van der Waals surface area contributed by atoms with Crippen molar-refractivity contribution in [2.75, 3.05) is 13.2 Å². The molecule has 2 aromatic heterocycles. The van der Waals surface area contributed by atoms with Crippen LogP contribution in [-0.4, -0.2) is 40.4 Å². The zero-order valence-electron chi connectivity index (χ0n) is 15.7. The van der Waals surface area contributed by atoms with E-state index in [2.05, 4.69) is 10.3 Å². The lowest BCUT2D eigenvalue weighted by Gasteiger charge is -2.13.